The summed E-state index contributed by atoms with van der Waals surface area (Å²) in [4.78, 5) is 13.7. The average molecular weight is 122 g/mol. The topological polar surface area (TPSA) is 49.9 Å². The van der Waals surface area contributed by atoms with Crippen LogP contribution in [0.15, 0.2) is 24.5 Å². The van der Waals surface area contributed by atoms with Crippen LogP contribution in [0.4, 0.5) is 0 Å². The molecule has 0 aromatic carbocycles. The van der Waals surface area contributed by atoms with Crippen molar-refractivity contribution in [1.82, 2.24) is 4.98 Å². The first kappa shape index (κ1) is 5.75. The first-order chi connectivity index (χ1) is 4.30. The van der Waals surface area contributed by atoms with Gasteiger partial charge in [-0.1, -0.05) is 0 Å². The van der Waals surface area contributed by atoms with Gasteiger partial charge in [-0.25, -0.2) is 9.90 Å². The quantitative estimate of drug-likeness (QED) is 0.549. The Labute approximate surface area is 52.0 Å². The molecule has 0 unspecified atom stereocenters. The molecular formula is C6H4NO2. The van der Waals surface area contributed by atoms with Crippen LogP contribution in [0.25, 0.3) is 0 Å². The number of carbonyl (C=O) groups excluding carboxylic acids is 1. The highest BCUT2D eigenvalue weighted by Crippen LogP contribution is 1.94. The Bertz CT molecular complexity index is 208. The summed E-state index contributed by atoms with van der Waals surface area (Å²) in [6.07, 6.45) is 2.82. The van der Waals surface area contributed by atoms with E-state index in [2.05, 4.69) is 4.98 Å². The maximum Gasteiger partial charge on any atom is 0.386 e. The Morgan fingerprint density at radius 2 is 1.89 bits per heavy atom. The van der Waals surface area contributed by atoms with Crippen LogP contribution >= 0.6 is 0 Å². The molecule has 1 heterocycles. The molecule has 0 amide bonds. The van der Waals surface area contributed by atoms with Crippen molar-refractivity contribution >= 4 is 5.97 Å². The van der Waals surface area contributed by atoms with E-state index in [-0.39, 0.29) is 5.56 Å². The first-order valence-electron chi connectivity index (χ1n) is 2.42. The van der Waals surface area contributed by atoms with Gasteiger partial charge in [-0.2, -0.15) is 0 Å². The van der Waals surface area contributed by atoms with Crippen molar-refractivity contribution in [2.75, 3.05) is 0 Å². The molecule has 0 N–H and O–H groups in total. The van der Waals surface area contributed by atoms with Crippen molar-refractivity contribution in [2.45, 2.75) is 0 Å². The molecule has 45 valence electrons. The van der Waals surface area contributed by atoms with Crippen molar-refractivity contribution in [3.8, 4) is 0 Å². The van der Waals surface area contributed by atoms with Crippen molar-refractivity contribution in [2.24, 2.45) is 0 Å². The highest BCUT2D eigenvalue weighted by atomic mass is 16.4. The number of hydrogen-bond donors (Lipinski definition) is 0. The van der Waals surface area contributed by atoms with Gasteiger partial charge in [0.2, 0.25) is 0 Å². The van der Waals surface area contributed by atoms with E-state index in [1.54, 1.807) is 0 Å². The van der Waals surface area contributed by atoms with Gasteiger partial charge in [-0.3, -0.25) is 4.98 Å². The van der Waals surface area contributed by atoms with Gasteiger partial charge in [0.05, 0.1) is 5.56 Å². The summed E-state index contributed by atoms with van der Waals surface area (Å²) >= 11 is 0. The summed E-state index contributed by atoms with van der Waals surface area (Å²) in [5.74, 6) is -1.17. The molecule has 1 aromatic heterocycles. The fourth-order valence-corrected chi connectivity index (χ4v) is 0.488. The number of rotatable bonds is 1. The molecule has 0 aliphatic rings. The lowest BCUT2D eigenvalue weighted by Gasteiger charge is -1.84. The second-order valence-corrected chi connectivity index (χ2v) is 1.52. The summed E-state index contributed by atoms with van der Waals surface area (Å²) in [6, 6.07) is 2.77. The minimum absolute atomic E-state index is 0.157. The Morgan fingerprint density at radius 1 is 1.33 bits per heavy atom. The van der Waals surface area contributed by atoms with Gasteiger partial charge in [0, 0.05) is 12.4 Å². The Kier molecular flexibility index (Phi) is 1.44. The molecule has 3 heteroatoms. The van der Waals surface area contributed by atoms with Crippen LogP contribution < -0.4 is 0 Å². The molecule has 0 bridgehead atoms. The molecule has 1 rings (SSSR count). The normalized spacial score (nSPS) is 8.89. The molecule has 9 heavy (non-hydrogen) atoms. The van der Waals surface area contributed by atoms with Gasteiger partial charge in [-0.15, -0.1) is 0 Å². The monoisotopic (exact) mass is 122 g/mol. The van der Waals surface area contributed by atoms with Crippen LogP contribution in [0.5, 0.6) is 0 Å². The zero-order chi connectivity index (χ0) is 6.69. The van der Waals surface area contributed by atoms with Crippen molar-refractivity contribution in [3.05, 3.63) is 30.1 Å². The Balaban J connectivity index is 2.98. The van der Waals surface area contributed by atoms with Crippen LogP contribution in [0.2, 0.25) is 0 Å². The second kappa shape index (κ2) is 2.26. The lowest BCUT2D eigenvalue weighted by Crippen LogP contribution is -1.92. The number of nitrogens with zero attached hydrogens (tertiary/aromatic N) is 1. The van der Waals surface area contributed by atoms with Gasteiger partial charge in [0.1, 0.15) is 0 Å². The molecular weight excluding hydrogens is 118 g/mol. The minimum Gasteiger partial charge on any atom is -0.265 e. The summed E-state index contributed by atoms with van der Waals surface area (Å²) in [7, 11) is 0. The third kappa shape index (κ3) is 1.25. The van der Waals surface area contributed by atoms with Crippen LogP contribution in [0, 0.1) is 0 Å². The van der Waals surface area contributed by atoms with Crippen LogP contribution in [0.3, 0.4) is 0 Å². The standard InChI is InChI=1S/C6H4NO2/c8-6(9)5-1-3-7-4-2-5/h1-4H. The molecule has 3 nitrogen and oxygen atoms in total. The Hall–Kier alpha value is -1.38. The van der Waals surface area contributed by atoms with Gasteiger partial charge in [-0.05, 0) is 12.1 Å². The number of hydrogen-bond acceptors (Lipinski definition) is 2. The highest BCUT2D eigenvalue weighted by molar-refractivity contribution is 5.86. The highest BCUT2D eigenvalue weighted by Gasteiger charge is 2.00. The third-order valence-electron chi connectivity index (χ3n) is 0.916. The average Bonchev–Trinajstić information content (AvgIpc) is 1.90. The van der Waals surface area contributed by atoms with E-state index < -0.39 is 5.97 Å². The smallest absolute Gasteiger partial charge is 0.265 e. The lowest BCUT2D eigenvalue weighted by atomic mass is 10.3. The van der Waals surface area contributed by atoms with Crippen molar-refractivity contribution in [1.29, 1.82) is 0 Å². The van der Waals surface area contributed by atoms with Crippen LogP contribution in [0.1, 0.15) is 10.4 Å². The predicted octanol–water partition coefficient (Wildman–Crippen LogP) is 0.652. The summed E-state index contributed by atoms with van der Waals surface area (Å²) in [5, 5.41) is 10.1. The number of pyridine rings is 1. The van der Waals surface area contributed by atoms with Gasteiger partial charge in [0.25, 0.3) is 0 Å². The van der Waals surface area contributed by atoms with E-state index >= 15 is 0 Å². The number of carbonyl (C=O) groups is 1. The molecule has 1 aromatic rings. The Morgan fingerprint density at radius 3 is 2.22 bits per heavy atom. The summed E-state index contributed by atoms with van der Waals surface area (Å²) in [6.45, 7) is 0. The second-order valence-electron chi connectivity index (χ2n) is 1.52. The van der Waals surface area contributed by atoms with Gasteiger partial charge < -0.3 is 0 Å². The zero-order valence-electron chi connectivity index (χ0n) is 4.57. The molecule has 0 aliphatic carbocycles. The van der Waals surface area contributed by atoms with Crippen molar-refractivity contribution < 1.29 is 9.90 Å². The van der Waals surface area contributed by atoms with Crippen LogP contribution in [-0.2, 0) is 5.11 Å². The van der Waals surface area contributed by atoms with E-state index in [1.807, 2.05) is 0 Å². The van der Waals surface area contributed by atoms with E-state index in [0.717, 1.165) is 0 Å². The molecule has 1 radical (unpaired) electrons. The largest absolute Gasteiger partial charge is 0.386 e. The maximum atomic E-state index is 10.1. The first-order valence-corrected chi connectivity index (χ1v) is 2.42. The van der Waals surface area contributed by atoms with E-state index in [9.17, 15) is 9.90 Å². The van der Waals surface area contributed by atoms with Crippen molar-refractivity contribution in [3.63, 3.8) is 0 Å². The molecule has 0 saturated carbocycles. The van der Waals surface area contributed by atoms with Gasteiger partial charge >= 0.3 is 5.97 Å². The molecule has 0 atom stereocenters. The minimum atomic E-state index is -1.17. The zero-order valence-corrected chi connectivity index (χ0v) is 4.57. The molecule has 0 saturated heterocycles. The molecule has 0 aliphatic heterocycles. The van der Waals surface area contributed by atoms with E-state index in [0.29, 0.717) is 0 Å². The summed E-state index contributed by atoms with van der Waals surface area (Å²) < 4.78 is 0. The summed E-state index contributed by atoms with van der Waals surface area (Å²) in [5.41, 5.74) is 0.157. The fraction of sp³-hybridized carbons (Fsp3) is 0. The van der Waals surface area contributed by atoms with Crippen LogP contribution in [-0.4, -0.2) is 11.0 Å². The van der Waals surface area contributed by atoms with Gasteiger partial charge in [0.15, 0.2) is 0 Å². The lowest BCUT2D eigenvalue weighted by molar-refractivity contribution is 0.0573. The molecule has 0 spiro atoms. The third-order valence-corrected chi connectivity index (χ3v) is 0.916. The van der Waals surface area contributed by atoms with E-state index in [4.69, 9.17) is 0 Å². The maximum absolute atomic E-state index is 10.1. The SMILES string of the molecule is [O]C(=O)c1ccncc1. The predicted molar refractivity (Wildman–Crippen MR) is 29.3 cm³/mol. The van der Waals surface area contributed by atoms with E-state index in [1.165, 1.54) is 24.5 Å². The number of aromatic nitrogens is 1. The fourth-order valence-electron chi connectivity index (χ4n) is 0.488. The molecule has 0 fully saturated rings.